The van der Waals surface area contributed by atoms with E-state index in [0.717, 1.165) is 35.6 Å². The summed E-state index contributed by atoms with van der Waals surface area (Å²) in [6, 6.07) is 3.92. The summed E-state index contributed by atoms with van der Waals surface area (Å²) in [5, 5.41) is 3.20. The molecule has 4 heteroatoms. The molecule has 0 saturated heterocycles. The molecule has 0 saturated carbocycles. The quantitative estimate of drug-likeness (QED) is 0.795. The second-order valence-electron chi connectivity index (χ2n) is 4.77. The van der Waals surface area contributed by atoms with Crippen LogP contribution in [0.2, 0.25) is 0 Å². The van der Waals surface area contributed by atoms with Gasteiger partial charge in [0.15, 0.2) is 0 Å². The molecule has 0 radical (unpaired) electrons. The van der Waals surface area contributed by atoms with Crippen LogP contribution in [0.1, 0.15) is 30.5 Å². The fourth-order valence-electron chi connectivity index (χ4n) is 2.49. The Hall–Kier alpha value is -1.26. The first-order chi connectivity index (χ1) is 9.10. The standard InChI is InChI=1S/C15H26N2O2/c1-6-11(9-17-3)14(16)12-7-8-13(18-4)10(2)15(12)19-5/h7-8,11,14,17H,6,9,16H2,1-5H3. The first-order valence-corrected chi connectivity index (χ1v) is 6.72. The van der Waals surface area contributed by atoms with Crippen molar-refractivity contribution in [1.29, 1.82) is 0 Å². The molecule has 2 unspecified atom stereocenters. The number of nitrogens with two attached hydrogens (primary N) is 1. The smallest absolute Gasteiger partial charge is 0.130 e. The Morgan fingerprint density at radius 3 is 2.42 bits per heavy atom. The fourth-order valence-corrected chi connectivity index (χ4v) is 2.49. The molecular weight excluding hydrogens is 240 g/mol. The van der Waals surface area contributed by atoms with Crippen LogP contribution >= 0.6 is 0 Å². The Bertz CT molecular complexity index is 407. The fraction of sp³-hybridized carbons (Fsp3) is 0.600. The summed E-state index contributed by atoms with van der Waals surface area (Å²) >= 11 is 0. The van der Waals surface area contributed by atoms with E-state index < -0.39 is 0 Å². The molecule has 0 amide bonds. The van der Waals surface area contributed by atoms with Crippen LogP contribution in [0, 0.1) is 12.8 Å². The van der Waals surface area contributed by atoms with Crippen molar-refractivity contribution < 1.29 is 9.47 Å². The summed E-state index contributed by atoms with van der Waals surface area (Å²) in [4.78, 5) is 0. The third-order valence-corrected chi connectivity index (χ3v) is 3.67. The zero-order chi connectivity index (χ0) is 14.4. The Balaban J connectivity index is 3.15. The van der Waals surface area contributed by atoms with Gasteiger partial charge >= 0.3 is 0 Å². The summed E-state index contributed by atoms with van der Waals surface area (Å²) < 4.78 is 10.9. The van der Waals surface area contributed by atoms with E-state index in [2.05, 4.69) is 12.2 Å². The molecule has 4 nitrogen and oxygen atoms in total. The van der Waals surface area contributed by atoms with Crippen LogP contribution in [0.3, 0.4) is 0 Å². The molecule has 3 N–H and O–H groups in total. The molecule has 1 aromatic rings. The number of benzene rings is 1. The van der Waals surface area contributed by atoms with Gasteiger partial charge in [-0.15, -0.1) is 0 Å². The minimum atomic E-state index is -0.0444. The molecule has 0 aliphatic carbocycles. The van der Waals surface area contributed by atoms with E-state index in [4.69, 9.17) is 15.2 Å². The number of methoxy groups -OCH3 is 2. The predicted octanol–water partition coefficient (Wildman–Crippen LogP) is 2.26. The normalized spacial score (nSPS) is 14.0. The van der Waals surface area contributed by atoms with E-state index in [9.17, 15) is 0 Å². The molecule has 2 atom stereocenters. The highest BCUT2D eigenvalue weighted by Crippen LogP contribution is 2.36. The van der Waals surface area contributed by atoms with Crippen LogP contribution in [0.25, 0.3) is 0 Å². The zero-order valence-corrected chi connectivity index (χ0v) is 12.6. The number of rotatable bonds is 7. The van der Waals surface area contributed by atoms with Crippen molar-refractivity contribution in [2.75, 3.05) is 27.8 Å². The molecule has 0 aliphatic rings. The molecule has 0 heterocycles. The third-order valence-electron chi connectivity index (χ3n) is 3.67. The Kier molecular flexibility index (Phi) is 6.12. The lowest BCUT2D eigenvalue weighted by atomic mass is 9.90. The lowest BCUT2D eigenvalue weighted by molar-refractivity contribution is 0.361. The van der Waals surface area contributed by atoms with Crippen molar-refractivity contribution in [1.82, 2.24) is 5.32 Å². The third kappa shape index (κ3) is 3.39. The van der Waals surface area contributed by atoms with Gasteiger partial charge in [-0.1, -0.05) is 19.4 Å². The van der Waals surface area contributed by atoms with E-state index in [-0.39, 0.29) is 6.04 Å². The average molecular weight is 266 g/mol. The van der Waals surface area contributed by atoms with Crippen LogP contribution in [0.15, 0.2) is 12.1 Å². The Labute approximate surface area is 116 Å². The van der Waals surface area contributed by atoms with Gasteiger partial charge in [0.05, 0.1) is 14.2 Å². The highest BCUT2D eigenvalue weighted by atomic mass is 16.5. The molecule has 1 rings (SSSR count). The minimum absolute atomic E-state index is 0.0444. The van der Waals surface area contributed by atoms with Gasteiger partial charge < -0.3 is 20.5 Å². The van der Waals surface area contributed by atoms with Crippen LogP contribution in [0.5, 0.6) is 11.5 Å². The zero-order valence-electron chi connectivity index (χ0n) is 12.6. The molecular formula is C15H26N2O2. The predicted molar refractivity (Wildman–Crippen MR) is 78.9 cm³/mol. The van der Waals surface area contributed by atoms with Gasteiger partial charge in [-0.05, 0) is 32.5 Å². The summed E-state index contributed by atoms with van der Waals surface area (Å²) in [6.07, 6.45) is 1.02. The van der Waals surface area contributed by atoms with E-state index in [0.29, 0.717) is 5.92 Å². The first kappa shape index (κ1) is 15.8. The topological polar surface area (TPSA) is 56.5 Å². The van der Waals surface area contributed by atoms with E-state index in [1.807, 2.05) is 26.1 Å². The summed E-state index contributed by atoms with van der Waals surface area (Å²) in [5.74, 6) is 2.04. The lowest BCUT2D eigenvalue weighted by Crippen LogP contribution is -2.29. The van der Waals surface area contributed by atoms with Gasteiger partial charge in [-0.25, -0.2) is 0 Å². The molecule has 0 aliphatic heterocycles. The second-order valence-corrected chi connectivity index (χ2v) is 4.77. The summed E-state index contributed by atoms with van der Waals surface area (Å²) in [5.41, 5.74) is 8.45. The second kappa shape index (κ2) is 7.36. The van der Waals surface area contributed by atoms with Crippen molar-refractivity contribution in [2.24, 2.45) is 11.7 Å². The van der Waals surface area contributed by atoms with Gasteiger partial charge in [-0.2, -0.15) is 0 Å². The van der Waals surface area contributed by atoms with Gasteiger partial charge in [0.2, 0.25) is 0 Å². The highest BCUT2D eigenvalue weighted by Gasteiger charge is 2.22. The van der Waals surface area contributed by atoms with Gasteiger partial charge in [0.25, 0.3) is 0 Å². The van der Waals surface area contributed by atoms with E-state index in [1.54, 1.807) is 14.2 Å². The van der Waals surface area contributed by atoms with Crippen LogP contribution in [0.4, 0.5) is 0 Å². The summed E-state index contributed by atoms with van der Waals surface area (Å²) in [7, 11) is 5.29. The number of hydrogen-bond donors (Lipinski definition) is 2. The van der Waals surface area contributed by atoms with Gasteiger partial charge in [-0.3, -0.25) is 0 Å². The molecule has 0 bridgehead atoms. The van der Waals surface area contributed by atoms with E-state index in [1.165, 1.54) is 0 Å². The Morgan fingerprint density at radius 2 is 1.95 bits per heavy atom. The molecule has 1 aromatic carbocycles. The van der Waals surface area contributed by atoms with Gasteiger partial charge in [0.1, 0.15) is 11.5 Å². The lowest BCUT2D eigenvalue weighted by Gasteiger charge is -2.25. The maximum Gasteiger partial charge on any atom is 0.130 e. The monoisotopic (exact) mass is 266 g/mol. The Morgan fingerprint density at radius 1 is 1.26 bits per heavy atom. The van der Waals surface area contributed by atoms with Gasteiger partial charge in [0, 0.05) is 17.2 Å². The number of hydrogen-bond acceptors (Lipinski definition) is 4. The average Bonchev–Trinajstić information content (AvgIpc) is 2.43. The molecule has 0 aromatic heterocycles. The van der Waals surface area contributed by atoms with Crippen molar-refractivity contribution in [2.45, 2.75) is 26.3 Å². The van der Waals surface area contributed by atoms with Crippen molar-refractivity contribution in [3.63, 3.8) is 0 Å². The van der Waals surface area contributed by atoms with Crippen LogP contribution in [-0.4, -0.2) is 27.8 Å². The molecule has 19 heavy (non-hydrogen) atoms. The van der Waals surface area contributed by atoms with Crippen molar-refractivity contribution in [3.8, 4) is 11.5 Å². The number of nitrogens with one attached hydrogen (secondary N) is 1. The highest BCUT2D eigenvalue weighted by molar-refractivity contribution is 5.50. The van der Waals surface area contributed by atoms with Crippen LogP contribution < -0.4 is 20.5 Å². The molecule has 108 valence electrons. The van der Waals surface area contributed by atoms with Crippen molar-refractivity contribution >= 4 is 0 Å². The largest absolute Gasteiger partial charge is 0.496 e. The molecule has 0 fully saturated rings. The molecule has 0 spiro atoms. The SMILES string of the molecule is CCC(CNC)C(N)c1ccc(OC)c(C)c1OC. The maximum atomic E-state index is 6.41. The minimum Gasteiger partial charge on any atom is -0.496 e. The maximum absolute atomic E-state index is 6.41. The van der Waals surface area contributed by atoms with Crippen molar-refractivity contribution in [3.05, 3.63) is 23.3 Å². The first-order valence-electron chi connectivity index (χ1n) is 6.72. The summed E-state index contributed by atoms with van der Waals surface area (Å²) in [6.45, 7) is 5.05. The number of ether oxygens (including phenoxy) is 2. The van der Waals surface area contributed by atoms with Crippen LogP contribution in [-0.2, 0) is 0 Å². The van der Waals surface area contributed by atoms with E-state index >= 15 is 0 Å².